The highest BCUT2D eigenvalue weighted by atomic mass is 16.5. The average molecular weight is 418 g/mol. The molecule has 2 heterocycles. The Balaban J connectivity index is 2.05. The van der Waals surface area contributed by atoms with E-state index < -0.39 is 12.1 Å². The third-order valence-corrected chi connectivity index (χ3v) is 5.60. The fourth-order valence-electron chi connectivity index (χ4n) is 3.99. The Labute approximate surface area is 177 Å². The first-order chi connectivity index (χ1) is 14.2. The first kappa shape index (κ1) is 22.2. The van der Waals surface area contributed by atoms with Gasteiger partial charge in [-0.15, -0.1) is 0 Å². The van der Waals surface area contributed by atoms with Crippen LogP contribution in [0.15, 0.2) is 30.0 Å². The van der Waals surface area contributed by atoms with Crippen molar-refractivity contribution in [1.29, 1.82) is 0 Å². The molecule has 2 N–H and O–H groups in total. The summed E-state index contributed by atoms with van der Waals surface area (Å²) < 4.78 is 16.6. The number of aliphatic hydroxyl groups excluding tert-OH is 1. The van der Waals surface area contributed by atoms with Crippen molar-refractivity contribution in [3.63, 3.8) is 0 Å². The summed E-state index contributed by atoms with van der Waals surface area (Å²) in [6.45, 7) is 7.53. The molecule has 1 aromatic carbocycles. The number of ether oxygens (including phenoxy) is 3. The predicted octanol–water partition coefficient (Wildman–Crippen LogP) is 3.07. The van der Waals surface area contributed by atoms with E-state index in [1.807, 2.05) is 17.0 Å². The molecule has 0 aromatic heterocycles. The Kier molecular flexibility index (Phi) is 6.43. The molecule has 0 spiro atoms. The molecule has 2 aliphatic rings. The van der Waals surface area contributed by atoms with Gasteiger partial charge in [0.25, 0.3) is 0 Å². The van der Waals surface area contributed by atoms with Gasteiger partial charge in [0.05, 0.1) is 19.3 Å². The molecule has 2 aliphatic heterocycles. The first-order valence-corrected chi connectivity index (χ1v) is 10.1. The molecule has 7 nitrogen and oxygen atoms in total. The summed E-state index contributed by atoms with van der Waals surface area (Å²) in [6, 6.07) is 3.93. The fraction of sp³-hybridized carbons (Fsp3) is 0.522. The van der Waals surface area contributed by atoms with Crippen LogP contribution < -0.4 is 9.47 Å². The highest BCUT2D eigenvalue weighted by Crippen LogP contribution is 2.45. The molecule has 3 rings (SSSR count). The summed E-state index contributed by atoms with van der Waals surface area (Å²) in [5.74, 6) is 0.157. The first-order valence-electron chi connectivity index (χ1n) is 10.1. The average Bonchev–Trinajstić information content (AvgIpc) is 2.68. The second-order valence-corrected chi connectivity index (χ2v) is 8.73. The van der Waals surface area contributed by atoms with Gasteiger partial charge in [-0.1, -0.05) is 20.8 Å². The van der Waals surface area contributed by atoms with Crippen molar-refractivity contribution in [3.05, 3.63) is 41.1 Å². The van der Waals surface area contributed by atoms with Crippen LogP contribution in [0.4, 0.5) is 0 Å². The molecular formula is C23H31NO6. The summed E-state index contributed by atoms with van der Waals surface area (Å²) in [4.78, 5) is 13.6. The molecule has 7 heteroatoms. The highest BCUT2D eigenvalue weighted by Gasteiger charge is 2.40. The van der Waals surface area contributed by atoms with E-state index in [2.05, 4.69) is 20.8 Å². The Morgan fingerprint density at radius 3 is 2.53 bits per heavy atom. The summed E-state index contributed by atoms with van der Waals surface area (Å²) in [5.41, 5.74) is 2.63. The van der Waals surface area contributed by atoms with Gasteiger partial charge in [0.1, 0.15) is 6.10 Å². The van der Waals surface area contributed by atoms with E-state index in [-0.39, 0.29) is 17.0 Å². The van der Waals surface area contributed by atoms with Crippen molar-refractivity contribution < 1.29 is 29.2 Å². The van der Waals surface area contributed by atoms with E-state index in [4.69, 9.17) is 14.2 Å². The number of aliphatic hydroxyl groups is 1. The lowest BCUT2D eigenvalue weighted by Gasteiger charge is -2.47. The molecule has 0 radical (unpaired) electrons. The lowest BCUT2D eigenvalue weighted by molar-refractivity contribution is -0.133. The number of aliphatic carboxylic acids is 1. The number of rotatable bonds is 7. The van der Waals surface area contributed by atoms with Gasteiger partial charge in [0.2, 0.25) is 0 Å². The molecule has 1 unspecified atom stereocenters. The summed E-state index contributed by atoms with van der Waals surface area (Å²) in [5, 5.41) is 19.9. The molecule has 0 saturated heterocycles. The maximum Gasteiger partial charge on any atom is 0.336 e. The van der Waals surface area contributed by atoms with Crippen LogP contribution in [0.25, 0.3) is 5.70 Å². The minimum Gasteiger partial charge on any atom is -0.493 e. The maximum atomic E-state index is 11.6. The number of benzene rings is 1. The molecule has 0 fully saturated rings. The topological polar surface area (TPSA) is 88.5 Å². The van der Waals surface area contributed by atoms with Gasteiger partial charge in [-0.2, -0.15) is 0 Å². The SMILES string of the molecule is COCCCOc1cc2c(cc1OC)C1=CC(O)C(C(=O)O)=CN1[C@@H](C(C)(C)C)C2. The van der Waals surface area contributed by atoms with Crippen molar-refractivity contribution in [2.45, 2.75) is 45.8 Å². The largest absolute Gasteiger partial charge is 0.493 e. The number of fused-ring (bicyclic) bond motifs is 3. The molecule has 164 valence electrons. The van der Waals surface area contributed by atoms with Gasteiger partial charge in [-0.3, -0.25) is 0 Å². The zero-order valence-electron chi connectivity index (χ0n) is 18.3. The molecule has 30 heavy (non-hydrogen) atoms. The predicted molar refractivity (Wildman–Crippen MR) is 113 cm³/mol. The van der Waals surface area contributed by atoms with Crippen LogP contribution in [-0.4, -0.2) is 60.7 Å². The van der Waals surface area contributed by atoms with Gasteiger partial charge in [0.15, 0.2) is 11.5 Å². The number of carboxylic acid groups (broad SMARTS) is 1. The molecule has 1 aromatic rings. The second kappa shape index (κ2) is 8.70. The number of hydrogen-bond acceptors (Lipinski definition) is 6. The van der Waals surface area contributed by atoms with Crippen LogP contribution in [0.5, 0.6) is 11.5 Å². The summed E-state index contributed by atoms with van der Waals surface area (Å²) in [7, 11) is 3.25. The van der Waals surface area contributed by atoms with Gasteiger partial charge in [-0.05, 0) is 35.6 Å². The van der Waals surface area contributed by atoms with Crippen molar-refractivity contribution >= 4 is 11.7 Å². The minimum absolute atomic E-state index is 0.0211. The van der Waals surface area contributed by atoms with Crippen molar-refractivity contribution in [1.82, 2.24) is 4.90 Å². The quantitative estimate of drug-likeness (QED) is 0.659. The number of nitrogens with zero attached hydrogens (tertiary/aromatic N) is 1. The number of methoxy groups -OCH3 is 2. The molecule has 0 amide bonds. The Bertz CT molecular complexity index is 867. The standard InChI is InChI=1S/C23H31NO6/c1-23(2,3)21-10-14-9-20(30-8-6-7-28-4)19(29-5)11-15(14)17-12-18(25)16(22(26)27)13-24(17)21/h9,11-13,18,21,25H,6-8,10H2,1-5H3,(H,26,27)/t18?,21-/m1/s1. The number of carboxylic acids is 1. The van der Waals surface area contributed by atoms with Crippen molar-refractivity contribution in [3.8, 4) is 11.5 Å². The lowest BCUT2D eigenvalue weighted by atomic mass is 9.76. The smallest absolute Gasteiger partial charge is 0.336 e. The third kappa shape index (κ3) is 4.32. The summed E-state index contributed by atoms with van der Waals surface area (Å²) >= 11 is 0. The Hall–Kier alpha value is -2.51. The van der Waals surface area contributed by atoms with Gasteiger partial charge < -0.3 is 29.3 Å². The third-order valence-electron chi connectivity index (χ3n) is 5.60. The fourth-order valence-corrected chi connectivity index (χ4v) is 3.99. The van der Waals surface area contributed by atoms with Gasteiger partial charge >= 0.3 is 5.97 Å². The van der Waals surface area contributed by atoms with Gasteiger partial charge in [-0.25, -0.2) is 4.79 Å². The van der Waals surface area contributed by atoms with Crippen molar-refractivity contribution in [2.75, 3.05) is 27.4 Å². The van der Waals surface area contributed by atoms with E-state index in [9.17, 15) is 15.0 Å². The molecule has 2 atom stereocenters. The number of hydrogen-bond donors (Lipinski definition) is 2. The van der Waals surface area contributed by atoms with Crippen LogP contribution in [0.1, 0.15) is 38.3 Å². The van der Waals surface area contributed by atoms with Crippen LogP contribution >= 0.6 is 0 Å². The zero-order valence-corrected chi connectivity index (χ0v) is 18.3. The number of carbonyl (C=O) groups is 1. The van der Waals surface area contributed by atoms with E-state index in [0.29, 0.717) is 31.1 Å². The van der Waals surface area contributed by atoms with E-state index in [1.165, 1.54) is 0 Å². The van der Waals surface area contributed by atoms with Crippen LogP contribution in [0.3, 0.4) is 0 Å². The van der Waals surface area contributed by atoms with Crippen LogP contribution in [0.2, 0.25) is 0 Å². The van der Waals surface area contributed by atoms with Gasteiger partial charge in [0, 0.05) is 43.6 Å². The highest BCUT2D eigenvalue weighted by molar-refractivity contribution is 5.90. The van der Waals surface area contributed by atoms with Crippen molar-refractivity contribution in [2.24, 2.45) is 5.41 Å². The molecule has 0 aliphatic carbocycles. The zero-order chi connectivity index (χ0) is 22.1. The maximum absolute atomic E-state index is 11.6. The monoisotopic (exact) mass is 417 g/mol. The Morgan fingerprint density at radius 2 is 1.93 bits per heavy atom. The summed E-state index contributed by atoms with van der Waals surface area (Å²) in [6.07, 6.45) is 3.50. The van der Waals surface area contributed by atoms with Crippen LogP contribution in [-0.2, 0) is 16.0 Å². The minimum atomic E-state index is -1.17. The normalized spacial score (nSPS) is 20.7. The van der Waals surface area contributed by atoms with E-state index >= 15 is 0 Å². The molecule has 0 bridgehead atoms. The Morgan fingerprint density at radius 1 is 1.20 bits per heavy atom. The molecule has 0 saturated carbocycles. The van der Waals surface area contributed by atoms with E-state index in [1.54, 1.807) is 26.5 Å². The van der Waals surface area contributed by atoms with E-state index in [0.717, 1.165) is 23.2 Å². The second-order valence-electron chi connectivity index (χ2n) is 8.73. The molecular weight excluding hydrogens is 386 g/mol. The van der Waals surface area contributed by atoms with Crippen LogP contribution in [0, 0.1) is 5.41 Å². The lowest BCUT2D eigenvalue weighted by Crippen LogP contribution is -2.46.